The Kier molecular flexibility index (Phi) is 5.26. The fraction of sp³-hybridized carbons (Fsp3) is 0.238. The third-order valence-electron chi connectivity index (χ3n) is 4.59. The molecule has 0 atom stereocenters. The minimum absolute atomic E-state index is 0.00693. The molecule has 0 fully saturated rings. The van der Waals surface area contributed by atoms with E-state index in [1.165, 1.54) is 0 Å². The number of fused-ring (bicyclic) bond motifs is 1. The maximum absolute atomic E-state index is 12.6. The molecule has 3 rings (SSSR count). The van der Waals surface area contributed by atoms with E-state index >= 15 is 0 Å². The van der Waals surface area contributed by atoms with Crippen molar-refractivity contribution in [3.05, 3.63) is 64.6 Å². The molecule has 2 N–H and O–H groups in total. The lowest BCUT2D eigenvalue weighted by Gasteiger charge is -2.09. The molecule has 0 aliphatic carbocycles. The van der Waals surface area contributed by atoms with E-state index in [1.807, 2.05) is 18.2 Å². The Balaban J connectivity index is 1.79. The number of para-hydroxylation sites is 1. The lowest BCUT2D eigenvalue weighted by molar-refractivity contribution is -0.118. The number of benzene rings is 1. The third-order valence-corrected chi connectivity index (χ3v) is 4.59. The van der Waals surface area contributed by atoms with Crippen LogP contribution in [0.15, 0.2) is 36.4 Å². The van der Waals surface area contributed by atoms with Crippen LogP contribution >= 0.6 is 0 Å². The summed E-state index contributed by atoms with van der Waals surface area (Å²) in [5.41, 5.74) is 8.75. The van der Waals surface area contributed by atoms with E-state index in [4.69, 9.17) is 10.5 Å². The van der Waals surface area contributed by atoms with Crippen LogP contribution in [0.4, 0.5) is 0 Å². The fourth-order valence-electron chi connectivity index (χ4n) is 3.25. The van der Waals surface area contributed by atoms with Crippen LogP contribution < -0.4 is 5.73 Å². The molecule has 2 heterocycles. The molecule has 7 heteroatoms. The van der Waals surface area contributed by atoms with E-state index in [1.54, 1.807) is 43.5 Å². The molecular formula is C21H21N3O4. The van der Waals surface area contributed by atoms with Crippen molar-refractivity contribution in [3.63, 3.8) is 0 Å². The van der Waals surface area contributed by atoms with E-state index in [2.05, 4.69) is 4.98 Å². The molecular weight excluding hydrogens is 358 g/mol. The van der Waals surface area contributed by atoms with Crippen LogP contribution in [0.2, 0.25) is 0 Å². The van der Waals surface area contributed by atoms with Gasteiger partial charge in [-0.05, 0) is 39.0 Å². The van der Waals surface area contributed by atoms with Crippen molar-refractivity contribution in [3.8, 4) is 0 Å². The number of nitrogens with two attached hydrogens (primary N) is 1. The Labute approximate surface area is 162 Å². The summed E-state index contributed by atoms with van der Waals surface area (Å²) in [6, 6.07) is 10.6. The second-order valence-corrected chi connectivity index (χ2v) is 6.66. The maximum atomic E-state index is 12.6. The van der Waals surface area contributed by atoms with Crippen molar-refractivity contribution in [2.75, 3.05) is 6.61 Å². The number of primary amides is 1. The van der Waals surface area contributed by atoms with E-state index in [0.29, 0.717) is 33.4 Å². The summed E-state index contributed by atoms with van der Waals surface area (Å²) in [6.45, 7) is 4.90. The minimum atomic E-state index is -0.582. The van der Waals surface area contributed by atoms with Gasteiger partial charge >= 0.3 is 5.97 Å². The summed E-state index contributed by atoms with van der Waals surface area (Å²) in [6.07, 6.45) is 0. The van der Waals surface area contributed by atoms with Gasteiger partial charge in [0.25, 0.3) is 0 Å². The predicted octanol–water partition coefficient (Wildman–Crippen LogP) is 2.49. The highest BCUT2D eigenvalue weighted by Crippen LogP contribution is 2.20. The molecule has 144 valence electrons. The van der Waals surface area contributed by atoms with E-state index in [0.717, 1.165) is 5.69 Å². The summed E-state index contributed by atoms with van der Waals surface area (Å²) >= 11 is 0. The number of aryl methyl sites for hydroxylation is 2. The van der Waals surface area contributed by atoms with Crippen molar-refractivity contribution in [2.24, 2.45) is 5.73 Å². The molecule has 0 radical (unpaired) electrons. The molecule has 0 spiro atoms. The fourth-order valence-corrected chi connectivity index (χ4v) is 3.25. The molecule has 1 aromatic carbocycles. The van der Waals surface area contributed by atoms with Crippen molar-refractivity contribution < 1.29 is 19.1 Å². The number of ether oxygens (including phenoxy) is 1. The summed E-state index contributed by atoms with van der Waals surface area (Å²) in [5, 5.41) is 0.671. The molecule has 3 aromatic rings. The second kappa shape index (κ2) is 7.64. The number of ketones is 1. The number of carbonyl (C=O) groups is 3. The number of amides is 1. The highest BCUT2D eigenvalue weighted by molar-refractivity contribution is 6.05. The first kappa shape index (κ1) is 19.3. The largest absolute Gasteiger partial charge is 0.454 e. The average Bonchev–Trinajstić information content (AvgIpc) is 2.93. The predicted molar refractivity (Wildman–Crippen MR) is 104 cm³/mol. The van der Waals surface area contributed by atoms with Crippen molar-refractivity contribution in [1.82, 2.24) is 9.55 Å². The molecule has 0 aliphatic heterocycles. The lowest BCUT2D eigenvalue weighted by atomic mass is 10.1. The number of carbonyl (C=O) groups excluding carboxylic acids is 3. The first-order valence-corrected chi connectivity index (χ1v) is 8.79. The van der Waals surface area contributed by atoms with Crippen LogP contribution in [0.1, 0.15) is 37.8 Å². The summed E-state index contributed by atoms with van der Waals surface area (Å²) < 4.78 is 6.94. The highest BCUT2D eigenvalue weighted by Gasteiger charge is 2.19. The SMILES string of the molecule is Cc1cc(C(=O)OCC(=O)c2cc(C)n(CC(N)=O)c2C)c2ccccc2n1. The van der Waals surface area contributed by atoms with Crippen LogP contribution in [0, 0.1) is 20.8 Å². The number of Topliss-reactive ketones (excluding diaryl/α,β-unsaturated/α-hetero) is 1. The van der Waals surface area contributed by atoms with Gasteiger partial charge in [-0.2, -0.15) is 0 Å². The average molecular weight is 379 g/mol. The lowest BCUT2D eigenvalue weighted by Crippen LogP contribution is -2.20. The Bertz CT molecular complexity index is 1100. The Morgan fingerprint density at radius 1 is 1.07 bits per heavy atom. The van der Waals surface area contributed by atoms with E-state index < -0.39 is 18.5 Å². The monoisotopic (exact) mass is 379 g/mol. The zero-order chi connectivity index (χ0) is 20.4. The molecule has 0 unspecified atom stereocenters. The van der Waals surface area contributed by atoms with Crippen molar-refractivity contribution in [2.45, 2.75) is 27.3 Å². The minimum Gasteiger partial charge on any atom is -0.454 e. The first-order valence-electron chi connectivity index (χ1n) is 8.79. The van der Waals surface area contributed by atoms with Crippen LogP contribution in [-0.2, 0) is 16.1 Å². The van der Waals surface area contributed by atoms with Gasteiger partial charge < -0.3 is 15.0 Å². The Hall–Kier alpha value is -3.48. The molecule has 0 saturated heterocycles. The summed E-state index contributed by atoms with van der Waals surface area (Å²) in [7, 11) is 0. The van der Waals surface area contributed by atoms with Crippen LogP contribution in [0.3, 0.4) is 0 Å². The Morgan fingerprint density at radius 2 is 1.79 bits per heavy atom. The van der Waals surface area contributed by atoms with Gasteiger partial charge in [0.15, 0.2) is 6.61 Å². The zero-order valence-corrected chi connectivity index (χ0v) is 16.0. The molecule has 0 saturated carbocycles. The van der Waals surface area contributed by atoms with Gasteiger partial charge in [-0.15, -0.1) is 0 Å². The van der Waals surface area contributed by atoms with Gasteiger partial charge in [0.2, 0.25) is 11.7 Å². The van der Waals surface area contributed by atoms with Gasteiger partial charge in [0.1, 0.15) is 6.54 Å². The first-order chi connectivity index (χ1) is 13.3. The van der Waals surface area contributed by atoms with Crippen LogP contribution in [0.5, 0.6) is 0 Å². The topological polar surface area (TPSA) is 104 Å². The smallest absolute Gasteiger partial charge is 0.339 e. The number of aromatic nitrogens is 2. The molecule has 0 aliphatic rings. The van der Waals surface area contributed by atoms with Crippen molar-refractivity contribution >= 4 is 28.6 Å². The van der Waals surface area contributed by atoms with Gasteiger partial charge in [-0.3, -0.25) is 14.6 Å². The van der Waals surface area contributed by atoms with E-state index in [9.17, 15) is 14.4 Å². The van der Waals surface area contributed by atoms with Gasteiger partial charge in [-0.1, -0.05) is 18.2 Å². The molecule has 28 heavy (non-hydrogen) atoms. The number of pyridine rings is 1. The standard InChI is InChI=1S/C21H21N3O4/c1-12-8-17(15-6-4-5-7-18(15)23-12)21(27)28-11-19(25)16-9-13(2)24(14(16)3)10-20(22)26/h4-9H,10-11H2,1-3H3,(H2,22,26). The number of hydrogen-bond acceptors (Lipinski definition) is 5. The van der Waals surface area contributed by atoms with Crippen LogP contribution in [-0.4, -0.2) is 33.8 Å². The summed E-state index contributed by atoms with van der Waals surface area (Å²) in [5.74, 6) is -1.42. The number of hydrogen-bond donors (Lipinski definition) is 1. The quantitative estimate of drug-likeness (QED) is 0.523. The third kappa shape index (κ3) is 3.78. The number of rotatable bonds is 6. The summed E-state index contributed by atoms with van der Waals surface area (Å²) in [4.78, 5) is 40.7. The zero-order valence-electron chi connectivity index (χ0n) is 16.0. The molecule has 7 nitrogen and oxygen atoms in total. The van der Waals surface area contributed by atoms with E-state index in [-0.39, 0.29) is 12.3 Å². The van der Waals surface area contributed by atoms with Gasteiger partial charge in [0, 0.05) is 28.0 Å². The molecule has 2 aromatic heterocycles. The maximum Gasteiger partial charge on any atom is 0.339 e. The van der Waals surface area contributed by atoms with Gasteiger partial charge in [0.05, 0.1) is 11.1 Å². The molecule has 0 bridgehead atoms. The number of nitrogens with zero attached hydrogens (tertiary/aromatic N) is 2. The second-order valence-electron chi connectivity index (χ2n) is 6.66. The van der Waals surface area contributed by atoms with Gasteiger partial charge in [-0.25, -0.2) is 4.79 Å². The van der Waals surface area contributed by atoms with Crippen LogP contribution in [0.25, 0.3) is 10.9 Å². The highest BCUT2D eigenvalue weighted by atomic mass is 16.5. The normalized spacial score (nSPS) is 10.8. The number of esters is 1. The molecule has 1 amide bonds. The van der Waals surface area contributed by atoms with Crippen molar-refractivity contribution in [1.29, 1.82) is 0 Å². The Morgan fingerprint density at radius 3 is 2.50 bits per heavy atom.